The Kier molecular flexibility index (Phi) is 2.48. The first kappa shape index (κ1) is 11.4. The number of aliphatic hydroxyl groups excluding tert-OH is 1. The minimum absolute atomic E-state index is 0.0832. The maximum atomic E-state index is 9.34. The third-order valence-electron chi connectivity index (χ3n) is 3.99. The molecule has 0 unspecified atom stereocenters. The van der Waals surface area contributed by atoms with Gasteiger partial charge in [-0.15, -0.1) is 0 Å². The Morgan fingerprint density at radius 2 is 1.25 bits per heavy atom. The van der Waals surface area contributed by atoms with E-state index in [4.69, 9.17) is 0 Å². The number of rotatable bonds is 1. The molecule has 0 aliphatic heterocycles. The number of fused-ring (bicyclic) bond motifs is 5. The van der Waals surface area contributed by atoms with E-state index in [1.165, 1.54) is 32.3 Å². The molecule has 0 radical (unpaired) electrons. The molecular weight excluding hydrogens is 244 g/mol. The fraction of sp³-hybridized carbons (Fsp3) is 0.0526. The third-order valence-corrected chi connectivity index (χ3v) is 3.99. The predicted octanol–water partition coefficient (Wildman–Crippen LogP) is 4.64. The highest BCUT2D eigenvalue weighted by molar-refractivity contribution is 6.17. The van der Waals surface area contributed by atoms with Gasteiger partial charge in [0, 0.05) is 0 Å². The Bertz CT molecular complexity index is 938. The van der Waals surface area contributed by atoms with Gasteiger partial charge in [0.05, 0.1) is 6.61 Å². The lowest BCUT2D eigenvalue weighted by molar-refractivity contribution is 0.282. The molecule has 0 aromatic heterocycles. The second-order valence-corrected chi connectivity index (χ2v) is 5.16. The summed E-state index contributed by atoms with van der Waals surface area (Å²) in [7, 11) is 0. The summed E-state index contributed by atoms with van der Waals surface area (Å²) in [5.41, 5.74) is 0.957. The molecule has 1 heteroatoms. The van der Waals surface area contributed by atoms with Crippen LogP contribution < -0.4 is 0 Å². The minimum atomic E-state index is 0.0832. The van der Waals surface area contributed by atoms with Gasteiger partial charge in [-0.25, -0.2) is 0 Å². The van der Waals surface area contributed by atoms with Crippen LogP contribution in [0, 0.1) is 0 Å². The smallest absolute Gasteiger partial charge is 0.0682 e. The molecule has 0 aliphatic rings. The maximum Gasteiger partial charge on any atom is 0.0682 e. The standard InChI is InChI=1S/C19H14O/c20-12-13-5-6-15-8-9-17-16-4-2-1-3-14(16)7-10-18(17)19(15)11-13/h1-11,20H,12H2. The van der Waals surface area contributed by atoms with E-state index in [2.05, 4.69) is 60.7 Å². The van der Waals surface area contributed by atoms with Crippen molar-refractivity contribution in [2.45, 2.75) is 6.61 Å². The van der Waals surface area contributed by atoms with Gasteiger partial charge < -0.3 is 5.11 Å². The van der Waals surface area contributed by atoms with Gasteiger partial charge in [0.2, 0.25) is 0 Å². The highest BCUT2D eigenvalue weighted by Gasteiger charge is 2.04. The molecule has 0 saturated heterocycles. The molecule has 0 bridgehead atoms. The zero-order valence-corrected chi connectivity index (χ0v) is 11.0. The molecule has 0 saturated carbocycles. The average molecular weight is 258 g/mol. The van der Waals surface area contributed by atoms with E-state index in [1.807, 2.05) is 6.07 Å². The van der Waals surface area contributed by atoms with Crippen molar-refractivity contribution in [1.29, 1.82) is 0 Å². The highest BCUT2D eigenvalue weighted by atomic mass is 16.3. The quantitative estimate of drug-likeness (QED) is 0.493. The molecule has 0 aliphatic carbocycles. The third kappa shape index (κ3) is 1.60. The van der Waals surface area contributed by atoms with E-state index < -0.39 is 0 Å². The van der Waals surface area contributed by atoms with Crippen molar-refractivity contribution in [2.24, 2.45) is 0 Å². The van der Waals surface area contributed by atoms with Crippen molar-refractivity contribution in [2.75, 3.05) is 0 Å². The lowest BCUT2D eigenvalue weighted by Crippen LogP contribution is -1.85. The van der Waals surface area contributed by atoms with E-state index in [-0.39, 0.29) is 6.61 Å². The van der Waals surface area contributed by atoms with Gasteiger partial charge in [-0.3, -0.25) is 0 Å². The fourth-order valence-corrected chi connectivity index (χ4v) is 2.96. The minimum Gasteiger partial charge on any atom is -0.392 e. The Balaban J connectivity index is 2.21. The first-order chi connectivity index (χ1) is 9.86. The molecule has 0 spiro atoms. The van der Waals surface area contributed by atoms with Crippen molar-refractivity contribution in [3.8, 4) is 0 Å². The van der Waals surface area contributed by atoms with E-state index in [0.717, 1.165) is 5.56 Å². The molecule has 0 fully saturated rings. The van der Waals surface area contributed by atoms with Crippen LogP contribution in [-0.2, 0) is 6.61 Å². The van der Waals surface area contributed by atoms with Crippen LogP contribution in [-0.4, -0.2) is 5.11 Å². The van der Waals surface area contributed by atoms with Crippen LogP contribution >= 0.6 is 0 Å². The number of hydrogen-bond acceptors (Lipinski definition) is 1. The van der Waals surface area contributed by atoms with Gasteiger partial charge in [-0.2, -0.15) is 0 Å². The zero-order chi connectivity index (χ0) is 13.5. The van der Waals surface area contributed by atoms with Gasteiger partial charge >= 0.3 is 0 Å². The first-order valence-electron chi connectivity index (χ1n) is 6.81. The molecule has 4 aromatic carbocycles. The van der Waals surface area contributed by atoms with Gasteiger partial charge in [-0.05, 0) is 43.9 Å². The van der Waals surface area contributed by atoms with Crippen LogP contribution in [0.1, 0.15) is 5.56 Å². The van der Waals surface area contributed by atoms with Crippen LogP contribution in [0.2, 0.25) is 0 Å². The molecule has 4 rings (SSSR count). The Morgan fingerprint density at radius 3 is 2.05 bits per heavy atom. The van der Waals surface area contributed by atoms with Crippen molar-refractivity contribution in [1.82, 2.24) is 0 Å². The summed E-state index contributed by atoms with van der Waals surface area (Å²) in [5.74, 6) is 0. The van der Waals surface area contributed by atoms with Crippen LogP contribution in [0.5, 0.6) is 0 Å². The Labute approximate surface area is 117 Å². The average Bonchev–Trinajstić information content (AvgIpc) is 2.53. The summed E-state index contributed by atoms with van der Waals surface area (Å²) in [6.07, 6.45) is 0. The molecule has 0 amide bonds. The predicted molar refractivity (Wildman–Crippen MR) is 84.9 cm³/mol. The normalized spacial score (nSPS) is 11.4. The molecule has 1 nitrogen and oxygen atoms in total. The Morgan fingerprint density at radius 1 is 0.600 bits per heavy atom. The monoisotopic (exact) mass is 258 g/mol. The highest BCUT2D eigenvalue weighted by Crippen LogP contribution is 2.31. The summed E-state index contributed by atoms with van der Waals surface area (Å²) in [6, 6.07) is 23.3. The van der Waals surface area contributed by atoms with E-state index in [0.29, 0.717) is 0 Å². The number of hydrogen-bond donors (Lipinski definition) is 1. The number of benzene rings is 4. The maximum absolute atomic E-state index is 9.34. The molecule has 1 N–H and O–H groups in total. The summed E-state index contributed by atoms with van der Waals surface area (Å²) >= 11 is 0. The summed E-state index contributed by atoms with van der Waals surface area (Å²) < 4.78 is 0. The van der Waals surface area contributed by atoms with E-state index in [1.54, 1.807) is 0 Å². The van der Waals surface area contributed by atoms with Crippen LogP contribution in [0.25, 0.3) is 32.3 Å². The van der Waals surface area contributed by atoms with Crippen molar-refractivity contribution >= 4 is 32.3 Å². The largest absolute Gasteiger partial charge is 0.392 e. The van der Waals surface area contributed by atoms with Crippen LogP contribution in [0.15, 0.2) is 66.7 Å². The molecule has 0 heterocycles. The molecule has 0 atom stereocenters. The van der Waals surface area contributed by atoms with E-state index >= 15 is 0 Å². The van der Waals surface area contributed by atoms with Gasteiger partial charge in [0.15, 0.2) is 0 Å². The number of aliphatic hydroxyl groups is 1. The fourth-order valence-electron chi connectivity index (χ4n) is 2.96. The van der Waals surface area contributed by atoms with Gasteiger partial charge in [0.1, 0.15) is 0 Å². The summed E-state index contributed by atoms with van der Waals surface area (Å²) in [5, 5.41) is 16.8. The zero-order valence-electron chi connectivity index (χ0n) is 11.0. The molecular formula is C19H14O. The van der Waals surface area contributed by atoms with Crippen LogP contribution in [0.4, 0.5) is 0 Å². The molecule has 4 aromatic rings. The molecule has 20 heavy (non-hydrogen) atoms. The second kappa shape index (κ2) is 4.32. The molecule has 96 valence electrons. The Hall–Kier alpha value is -2.38. The SMILES string of the molecule is OCc1ccc2ccc3c4ccccc4ccc3c2c1. The second-order valence-electron chi connectivity index (χ2n) is 5.16. The summed E-state index contributed by atoms with van der Waals surface area (Å²) in [4.78, 5) is 0. The van der Waals surface area contributed by atoms with Gasteiger partial charge in [-0.1, -0.05) is 60.7 Å². The topological polar surface area (TPSA) is 20.2 Å². The summed E-state index contributed by atoms with van der Waals surface area (Å²) in [6.45, 7) is 0.0832. The lowest BCUT2D eigenvalue weighted by Gasteiger charge is -2.08. The van der Waals surface area contributed by atoms with Crippen molar-refractivity contribution in [3.63, 3.8) is 0 Å². The van der Waals surface area contributed by atoms with E-state index in [9.17, 15) is 5.11 Å². The van der Waals surface area contributed by atoms with Crippen molar-refractivity contribution in [3.05, 3.63) is 72.3 Å². The van der Waals surface area contributed by atoms with Crippen molar-refractivity contribution < 1.29 is 5.11 Å². The first-order valence-corrected chi connectivity index (χ1v) is 6.81. The lowest BCUT2D eigenvalue weighted by atomic mass is 9.96. The van der Waals surface area contributed by atoms with Crippen LogP contribution in [0.3, 0.4) is 0 Å². The van der Waals surface area contributed by atoms with Gasteiger partial charge in [0.25, 0.3) is 0 Å².